The maximum absolute atomic E-state index is 9.60. The van der Waals surface area contributed by atoms with Crippen molar-refractivity contribution in [2.45, 2.75) is 40.3 Å². The van der Waals surface area contributed by atoms with Crippen LogP contribution in [-0.4, -0.2) is 44.9 Å². The molecule has 112 valence electrons. The zero-order chi connectivity index (χ0) is 16.2. The van der Waals surface area contributed by atoms with Crippen LogP contribution in [0.4, 0.5) is 0 Å². The molecular weight excluding hydrogens is 256 g/mol. The number of carbonyl (C=O) groups is 2. The van der Waals surface area contributed by atoms with Crippen molar-refractivity contribution >= 4 is 11.9 Å². The first-order chi connectivity index (χ1) is 8.41. The van der Waals surface area contributed by atoms with Gasteiger partial charge in [0.1, 0.15) is 0 Å². The molecule has 0 aromatic rings. The number of aliphatic hydroxyl groups excluding tert-OH is 2. The Balaban J connectivity index is -0.000000203. The number of rotatable bonds is 4. The lowest BCUT2D eigenvalue weighted by Gasteiger charge is -2.07. The number of carboxylic acid groups (broad SMARTS) is 2. The van der Waals surface area contributed by atoms with Crippen LogP contribution in [0.3, 0.4) is 0 Å². The fourth-order valence-corrected chi connectivity index (χ4v) is 0.285. The van der Waals surface area contributed by atoms with Gasteiger partial charge in [-0.1, -0.05) is 13.2 Å². The highest BCUT2D eigenvalue weighted by atomic mass is 16.7. The molecule has 0 bridgehead atoms. The summed E-state index contributed by atoms with van der Waals surface area (Å²) < 4.78 is 4.36. The Morgan fingerprint density at radius 3 is 1.05 bits per heavy atom. The normalized spacial score (nSPS) is 11.7. The van der Waals surface area contributed by atoms with Crippen molar-refractivity contribution in [3.8, 4) is 0 Å². The third kappa shape index (κ3) is 31.4. The topological polar surface area (TPSA) is 124 Å². The van der Waals surface area contributed by atoms with Crippen LogP contribution in [-0.2, 0) is 14.3 Å². The molecule has 0 heterocycles. The number of aliphatic carboxylic acids is 2. The van der Waals surface area contributed by atoms with E-state index in [1.807, 2.05) is 0 Å². The number of aliphatic hydroxyl groups is 2. The Morgan fingerprint density at radius 1 is 0.895 bits per heavy atom. The number of carboxylic acids is 2. The van der Waals surface area contributed by atoms with E-state index in [1.165, 1.54) is 27.7 Å². The molecule has 7 nitrogen and oxygen atoms in total. The van der Waals surface area contributed by atoms with Gasteiger partial charge < -0.3 is 25.2 Å². The fraction of sp³-hybridized carbons (Fsp3) is 0.500. The zero-order valence-electron chi connectivity index (χ0n) is 11.6. The summed E-state index contributed by atoms with van der Waals surface area (Å²) in [6.45, 7) is 12.1. The highest BCUT2D eigenvalue weighted by molar-refractivity contribution is 5.85. The molecule has 0 saturated carbocycles. The van der Waals surface area contributed by atoms with Crippen molar-refractivity contribution in [3.05, 3.63) is 24.3 Å². The zero-order valence-corrected chi connectivity index (χ0v) is 11.6. The molecule has 0 saturated heterocycles. The standard InChI is InChI=1S/C4H10O3.2C4H6O2/c1-3(5)7-4(2)6;2*1-3(2)4(5)6/h3-6H,1-2H3;2*1H2,2H3,(H,5,6). The molecule has 0 amide bonds. The summed E-state index contributed by atoms with van der Waals surface area (Å²) in [5.74, 6) is -1.87. The van der Waals surface area contributed by atoms with Gasteiger partial charge in [-0.05, 0) is 27.7 Å². The molecule has 0 spiro atoms. The van der Waals surface area contributed by atoms with Crippen LogP contribution >= 0.6 is 0 Å². The Morgan fingerprint density at radius 2 is 1.05 bits per heavy atom. The van der Waals surface area contributed by atoms with Gasteiger partial charge in [-0.3, -0.25) is 0 Å². The minimum absolute atomic E-state index is 0.176. The summed E-state index contributed by atoms with van der Waals surface area (Å²) in [4.78, 5) is 19.2. The van der Waals surface area contributed by atoms with Gasteiger partial charge in [0.25, 0.3) is 0 Å². The van der Waals surface area contributed by atoms with Crippen LogP contribution in [0.1, 0.15) is 27.7 Å². The average molecular weight is 278 g/mol. The van der Waals surface area contributed by atoms with E-state index in [4.69, 9.17) is 20.4 Å². The first-order valence-electron chi connectivity index (χ1n) is 5.21. The largest absolute Gasteiger partial charge is 0.478 e. The molecule has 2 atom stereocenters. The predicted octanol–water partition coefficient (Wildman–Crippen LogP) is 0.974. The van der Waals surface area contributed by atoms with Gasteiger partial charge >= 0.3 is 11.9 Å². The summed E-state index contributed by atoms with van der Waals surface area (Å²) in [6.07, 6.45) is -1.75. The SMILES string of the molecule is C=C(C)C(=O)O.C=C(C)C(=O)O.CC(O)OC(C)O. The molecule has 0 fully saturated rings. The molecule has 7 heteroatoms. The van der Waals surface area contributed by atoms with E-state index in [0.717, 1.165) is 0 Å². The molecule has 0 rings (SSSR count). The summed E-state index contributed by atoms with van der Waals surface area (Å²) >= 11 is 0. The van der Waals surface area contributed by atoms with Gasteiger partial charge in [-0.2, -0.15) is 0 Å². The Hall–Kier alpha value is -1.70. The first kappa shape index (κ1) is 22.5. The van der Waals surface area contributed by atoms with Gasteiger partial charge in [0, 0.05) is 11.1 Å². The van der Waals surface area contributed by atoms with Crippen molar-refractivity contribution in [1.82, 2.24) is 0 Å². The molecule has 19 heavy (non-hydrogen) atoms. The van der Waals surface area contributed by atoms with E-state index in [0.29, 0.717) is 0 Å². The summed E-state index contributed by atoms with van der Waals surface area (Å²) in [5, 5.41) is 32.5. The first-order valence-corrected chi connectivity index (χ1v) is 5.21. The fourth-order valence-electron chi connectivity index (χ4n) is 0.285. The highest BCUT2D eigenvalue weighted by Crippen LogP contribution is 1.87. The Bertz CT molecular complexity index is 251. The maximum Gasteiger partial charge on any atom is 0.330 e. The molecule has 2 unspecified atom stereocenters. The molecule has 0 aliphatic rings. The highest BCUT2D eigenvalue weighted by Gasteiger charge is 1.97. The molecule has 0 aromatic carbocycles. The van der Waals surface area contributed by atoms with Crippen molar-refractivity contribution in [3.63, 3.8) is 0 Å². The summed E-state index contributed by atoms with van der Waals surface area (Å²) in [5.41, 5.74) is 0.352. The van der Waals surface area contributed by atoms with Crippen LogP contribution in [0.15, 0.2) is 24.3 Å². The quantitative estimate of drug-likeness (QED) is 0.446. The lowest BCUT2D eigenvalue weighted by atomic mass is 10.4. The van der Waals surface area contributed by atoms with Gasteiger partial charge in [-0.15, -0.1) is 0 Å². The van der Waals surface area contributed by atoms with Crippen molar-refractivity contribution in [2.75, 3.05) is 0 Å². The number of ether oxygens (including phenoxy) is 1. The lowest BCUT2D eigenvalue weighted by Crippen LogP contribution is -2.14. The van der Waals surface area contributed by atoms with E-state index < -0.39 is 24.5 Å². The summed E-state index contributed by atoms with van der Waals surface area (Å²) in [7, 11) is 0. The number of hydrogen-bond donors (Lipinski definition) is 4. The third-order valence-electron chi connectivity index (χ3n) is 1.12. The Kier molecular flexibility index (Phi) is 15.1. The van der Waals surface area contributed by atoms with Gasteiger partial charge in [0.15, 0.2) is 12.6 Å². The van der Waals surface area contributed by atoms with Crippen LogP contribution in [0.25, 0.3) is 0 Å². The lowest BCUT2D eigenvalue weighted by molar-refractivity contribution is -0.190. The van der Waals surface area contributed by atoms with E-state index >= 15 is 0 Å². The van der Waals surface area contributed by atoms with Crippen LogP contribution in [0.2, 0.25) is 0 Å². The minimum atomic E-state index is -0.935. The smallest absolute Gasteiger partial charge is 0.330 e. The molecule has 0 aliphatic carbocycles. The van der Waals surface area contributed by atoms with E-state index in [-0.39, 0.29) is 11.1 Å². The molecular formula is C12H22O7. The molecule has 0 aliphatic heterocycles. The second-order valence-corrected chi connectivity index (χ2v) is 3.51. The predicted molar refractivity (Wildman–Crippen MR) is 69.3 cm³/mol. The maximum atomic E-state index is 9.60. The molecule has 0 radical (unpaired) electrons. The monoisotopic (exact) mass is 278 g/mol. The van der Waals surface area contributed by atoms with E-state index in [9.17, 15) is 9.59 Å². The second-order valence-electron chi connectivity index (χ2n) is 3.51. The molecule has 0 aromatic heterocycles. The minimum Gasteiger partial charge on any atom is -0.478 e. The summed E-state index contributed by atoms with van der Waals surface area (Å²) in [6, 6.07) is 0. The van der Waals surface area contributed by atoms with Crippen molar-refractivity contribution in [1.29, 1.82) is 0 Å². The van der Waals surface area contributed by atoms with Gasteiger partial charge in [0.2, 0.25) is 0 Å². The average Bonchev–Trinajstić information content (AvgIpc) is 2.16. The molecule has 4 N–H and O–H groups in total. The van der Waals surface area contributed by atoms with Crippen LogP contribution < -0.4 is 0 Å². The van der Waals surface area contributed by atoms with Crippen molar-refractivity contribution < 1.29 is 34.8 Å². The number of hydrogen-bond acceptors (Lipinski definition) is 5. The van der Waals surface area contributed by atoms with Gasteiger partial charge in [0.05, 0.1) is 0 Å². The van der Waals surface area contributed by atoms with E-state index in [1.54, 1.807) is 0 Å². The van der Waals surface area contributed by atoms with Gasteiger partial charge in [-0.25, -0.2) is 9.59 Å². The Labute approximate surface area is 112 Å². The van der Waals surface area contributed by atoms with Crippen LogP contribution in [0.5, 0.6) is 0 Å². The van der Waals surface area contributed by atoms with Crippen LogP contribution in [0, 0.1) is 0 Å². The second kappa shape index (κ2) is 12.7. The van der Waals surface area contributed by atoms with Crippen molar-refractivity contribution in [2.24, 2.45) is 0 Å². The van der Waals surface area contributed by atoms with E-state index in [2.05, 4.69) is 17.9 Å². The third-order valence-corrected chi connectivity index (χ3v) is 1.12.